The molecule has 2 aliphatic carbocycles. The molecular formula is C76H65N3O. The van der Waals surface area contributed by atoms with Crippen LogP contribution in [0, 0.1) is 0 Å². The minimum absolute atomic E-state index is 0.105. The summed E-state index contributed by atoms with van der Waals surface area (Å²) in [6.45, 7) is 13.4. The van der Waals surface area contributed by atoms with Gasteiger partial charge in [-0.1, -0.05) is 227 Å². The smallest absolute Gasteiger partial charge is 0.135 e. The van der Waals surface area contributed by atoms with Gasteiger partial charge in [-0.05, 0) is 168 Å². The molecule has 80 heavy (non-hydrogen) atoms. The van der Waals surface area contributed by atoms with Crippen LogP contribution in [0.2, 0.25) is 0 Å². The zero-order chi connectivity index (χ0) is 55.0. The molecule has 1 aromatic heterocycles. The highest BCUT2D eigenvalue weighted by atomic mass is 16.3. The molecule has 4 N–H and O–H groups in total. The Hall–Kier alpha value is -9.74. The first-order chi connectivity index (χ1) is 39.1. The van der Waals surface area contributed by atoms with Crippen molar-refractivity contribution in [2.24, 2.45) is 5.73 Å². The van der Waals surface area contributed by atoms with Gasteiger partial charge in [0.1, 0.15) is 11.2 Å². The molecule has 1 aliphatic heterocycles. The lowest BCUT2D eigenvalue weighted by atomic mass is 9.81. The Morgan fingerprint density at radius 1 is 0.575 bits per heavy atom. The van der Waals surface area contributed by atoms with E-state index in [4.69, 9.17) is 15.9 Å². The predicted molar refractivity (Wildman–Crippen MR) is 342 cm³/mol. The Bertz CT molecular complexity index is 4090. The Morgan fingerprint density at radius 3 is 1.77 bits per heavy atom. The monoisotopic (exact) mass is 1040 g/mol. The van der Waals surface area contributed by atoms with Gasteiger partial charge >= 0.3 is 0 Å². The number of nitrogens with two attached hydrogens (primary N) is 2. The van der Waals surface area contributed by atoms with E-state index in [1.165, 1.54) is 89.2 Å². The first kappa shape index (κ1) is 52.3. The van der Waals surface area contributed by atoms with Crippen molar-refractivity contribution in [3.8, 4) is 44.5 Å². The Balaban J connectivity index is 0.000000158. The molecule has 1 unspecified atom stereocenters. The summed E-state index contributed by atoms with van der Waals surface area (Å²) < 4.78 is 6.00. The van der Waals surface area contributed by atoms with E-state index in [0.29, 0.717) is 6.54 Å². The molecule has 13 rings (SSSR count). The van der Waals surface area contributed by atoms with E-state index < -0.39 is 0 Å². The average Bonchev–Trinajstić information content (AvgIpc) is 4.23. The van der Waals surface area contributed by atoms with Crippen LogP contribution in [-0.2, 0) is 5.41 Å². The van der Waals surface area contributed by atoms with Gasteiger partial charge in [-0.15, -0.1) is 0 Å². The summed E-state index contributed by atoms with van der Waals surface area (Å²) >= 11 is 0. The van der Waals surface area contributed by atoms with E-state index in [-0.39, 0.29) is 11.5 Å². The molecule has 0 saturated carbocycles. The van der Waals surface area contributed by atoms with Crippen molar-refractivity contribution >= 4 is 44.5 Å². The first-order valence-corrected chi connectivity index (χ1v) is 27.4. The van der Waals surface area contributed by atoms with Crippen LogP contribution in [0.15, 0.2) is 314 Å². The number of hydrogen-bond acceptors (Lipinski definition) is 4. The van der Waals surface area contributed by atoms with Crippen LogP contribution in [0.4, 0.5) is 11.4 Å². The van der Waals surface area contributed by atoms with Crippen molar-refractivity contribution in [3.63, 3.8) is 0 Å². The summed E-state index contributed by atoms with van der Waals surface area (Å²) in [6.07, 6.45) is 20.2. The van der Waals surface area contributed by atoms with Gasteiger partial charge in [0.2, 0.25) is 0 Å². The molecule has 3 aliphatic rings. The zero-order valence-corrected chi connectivity index (χ0v) is 45.5. The van der Waals surface area contributed by atoms with E-state index in [9.17, 15) is 0 Å². The van der Waals surface area contributed by atoms with Gasteiger partial charge in [0.25, 0.3) is 0 Å². The molecule has 0 spiro atoms. The number of para-hydroxylation sites is 3. The maximum atomic E-state index is 6.00. The molecule has 1 atom stereocenters. The van der Waals surface area contributed by atoms with E-state index in [1.807, 2.05) is 48.5 Å². The van der Waals surface area contributed by atoms with Crippen molar-refractivity contribution in [3.05, 3.63) is 326 Å². The normalized spacial score (nSPS) is 16.9. The molecule has 4 nitrogen and oxygen atoms in total. The second kappa shape index (κ2) is 23.5. The minimum Gasteiger partial charge on any atom is -0.456 e. The van der Waals surface area contributed by atoms with Gasteiger partial charge < -0.3 is 20.8 Å². The van der Waals surface area contributed by atoms with E-state index in [2.05, 4.69) is 263 Å². The third-order valence-electron chi connectivity index (χ3n) is 15.4. The van der Waals surface area contributed by atoms with Crippen LogP contribution >= 0.6 is 0 Å². The lowest BCUT2D eigenvalue weighted by Crippen LogP contribution is -2.31. The molecular weight excluding hydrogens is 971 g/mol. The number of fused-ring (bicyclic) bond motifs is 6. The Morgan fingerprint density at radius 2 is 1.12 bits per heavy atom. The predicted octanol–water partition coefficient (Wildman–Crippen LogP) is 19.2. The van der Waals surface area contributed by atoms with Gasteiger partial charge in [-0.25, -0.2) is 0 Å². The third-order valence-corrected chi connectivity index (χ3v) is 15.4. The summed E-state index contributed by atoms with van der Waals surface area (Å²) in [5.41, 5.74) is 34.6. The van der Waals surface area contributed by atoms with Crippen LogP contribution in [0.1, 0.15) is 37.0 Å². The van der Waals surface area contributed by atoms with E-state index in [0.717, 1.165) is 39.6 Å². The summed E-state index contributed by atoms with van der Waals surface area (Å²) in [4.78, 5) is 2.37. The highest BCUT2D eigenvalue weighted by Gasteiger charge is 2.38. The van der Waals surface area contributed by atoms with E-state index in [1.54, 1.807) is 0 Å². The number of hydrogen-bond donors (Lipinski definition) is 2. The Labute approximate surface area is 471 Å². The van der Waals surface area contributed by atoms with Crippen molar-refractivity contribution in [2.75, 3.05) is 17.2 Å². The highest BCUT2D eigenvalue weighted by Crippen LogP contribution is 2.51. The maximum Gasteiger partial charge on any atom is 0.135 e. The first-order valence-electron chi connectivity index (χ1n) is 27.4. The fourth-order valence-electron chi connectivity index (χ4n) is 11.3. The topological polar surface area (TPSA) is 68.4 Å². The molecule has 0 saturated heterocycles. The van der Waals surface area contributed by atoms with Gasteiger partial charge in [0.15, 0.2) is 0 Å². The Kier molecular flexibility index (Phi) is 15.3. The van der Waals surface area contributed by atoms with Gasteiger partial charge in [-0.3, -0.25) is 0 Å². The number of rotatable bonds is 8. The molecule has 0 fully saturated rings. The number of furan rings is 1. The van der Waals surface area contributed by atoms with Crippen LogP contribution in [0.5, 0.6) is 0 Å². The lowest BCUT2D eigenvalue weighted by molar-refractivity contribution is 0.658. The largest absolute Gasteiger partial charge is 0.456 e. The molecule has 9 aromatic carbocycles. The zero-order valence-electron chi connectivity index (χ0n) is 45.5. The summed E-state index contributed by atoms with van der Waals surface area (Å²) in [5.74, 6) is 0. The summed E-state index contributed by atoms with van der Waals surface area (Å²) in [6, 6.07) is 78.9. The van der Waals surface area contributed by atoms with Crippen molar-refractivity contribution in [1.82, 2.24) is 0 Å². The summed E-state index contributed by atoms with van der Waals surface area (Å²) in [5, 5.41) is 2.30. The van der Waals surface area contributed by atoms with Gasteiger partial charge in [0, 0.05) is 40.3 Å². The quantitative estimate of drug-likeness (QED) is 0.149. The van der Waals surface area contributed by atoms with Gasteiger partial charge in [-0.2, -0.15) is 0 Å². The van der Waals surface area contributed by atoms with Crippen LogP contribution in [0.25, 0.3) is 77.6 Å². The number of nitrogens with zero attached hydrogens (tertiary/aromatic N) is 1. The fourth-order valence-corrected chi connectivity index (χ4v) is 11.3. The van der Waals surface area contributed by atoms with Gasteiger partial charge in [0.05, 0.1) is 6.04 Å². The lowest BCUT2D eigenvalue weighted by Gasteiger charge is -2.32. The minimum atomic E-state index is -0.105. The number of nitrogen functional groups attached to an aromatic ring is 1. The van der Waals surface area contributed by atoms with Crippen molar-refractivity contribution < 1.29 is 4.42 Å². The molecule has 2 heterocycles. The molecule has 2 bridgehead atoms. The van der Waals surface area contributed by atoms with Crippen molar-refractivity contribution in [1.29, 1.82) is 0 Å². The molecule has 10 aromatic rings. The fraction of sp³-hybridized carbons (Fsp3) is 0.0789. The average molecular weight is 1040 g/mol. The molecule has 4 heteroatoms. The van der Waals surface area contributed by atoms with Crippen LogP contribution < -0.4 is 16.4 Å². The number of allylic oxidation sites excluding steroid dienone is 10. The van der Waals surface area contributed by atoms with Crippen molar-refractivity contribution in [2.45, 2.75) is 31.7 Å². The van der Waals surface area contributed by atoms with Crippen LogP contribution in [-0.4, -0.2) is 12.6 Å². The number of anilines is 2. The standard InChI is InChI=1S/C42H33N.C28H25NO.C6H7N/c1-31-13-8-9-24-43(41-22-6-3-7-23-41)42-29-39(31)28-40(30-42)38-21-12-20-37(27-38)36-19-11-18-35(26-36)34-17-10-16-33(25-34)32-14-4-2-5-15-32;1-4-7-20-21-12-10-19(17-25(21)28(2,3)24(20)14-15-29)18-11-13-27-23(16-18)22-8-5-6-9-26(22)30-27;7-6-4-2-1-3-5-6/h2-28,30,42H,1,29H2;4-14,16-17H,1,15,29H2,2-3H3;1-5H,7H2/b13-8-,24-9-;20-7-,24-14+;. The molecule has 0 amide bonds. The van der Waals surface area contributed by atoms with Crippen LogP contribution in [0.3, 0.4) is 0 Å². The molecule has 390 valence electrons. The third kappa shape index (κ3) is 11.2. The van der Waals surface area contributed by atoms with E-state index >= 15 is 0 Å². The SMILES string of the molecule is C=C/C=C1\C(=C/CN)C(C)(C)c2cc(-c3ccc4oc5ccccc5c4c3)ccc21.C=C1/C=C\C=C/N(c2ccccc2)C2C=C(c3cccc(-c4cccc(-c5cccc(-c6ccccc6)c5)c4)c3)C=C1C2.Nc1ccccc1. The second-order valence-electron chi connectivity index (χ2n) is 20.9. The second-order valence-corrected chi connectivity index (χ2v) is 20.9. The maximum absolute atomic E-state index is 6.00. The highest BCUT2D eigenvalue weighted by molar-refractivity contribution is 6.06. The molecule has 0 radical (unpaired) electrons. The summed E-state index contributed by atoms with van der Waals surface area (Å²) in [7, 11) is 0. The number of benzene rings is 9.